The number of nitrogens with one attached hydrogen (secondary N) is 1. The highest BCUT2D eigenvalue weighted by Crippen LogP contribution is 2.36. The minimum absolute atomic E-state index is 0.0745. The van der Waals surface area contributed by atoms with Gasteiger partial charge in [0.05, 0.1) is 18.7 Å². The van der Waals surface area contributed by atoms with Crippen molar-refractivity contribution in [2.75, 3.05) is 13.2 Å². The molecule has 33 heavy (non-hydrogen) atoms. The Morgan fingerprint density at radius 2 is 1.82 bits per heavy atom. The summed E-state index contributed by atoms with van der Waals surface area (Å²) in [5.74, 6) is -0.380. The van der Waals surface area contributed by atoms with Gasteiger partial charge in [0, 0.05) is 6.54 Å². The molecule has 2 aliphatic heterocycles. The van der Waals surface area contributed by atoms with Crippen LogP contribution in [-0.2, 0) is 20.7 Å². The van der Waals surface area contributed by atoms with Gasteiger partial charge in [-0.25, -0.2) is 9.18 Å². The molecule has 1 saturated heterocycles. The molecule has 6 nitrogen and oxygen atoms in total. The maximum atomic E-state index is 13.6. The summed E-state index contributed by atoms with van der Waals surface area (Å²) in [5.41, 5.74) is 2.56. The first-order chi connectivity index (χ1) is 15.7. The van der Waals surface area contributed by atoms with Crippen LogP contribution >= 0.6 is 0 Å². The van der Waals surface area contributed by atoms with E-state index in [2.05, 4.69) is 11.4 Å². The Morgan fingerprint density at radius 3 is 2.48 bits per heavy atom. The number of alkyl carbamates (subject to hydrolysis) is 1. The van der Waals surface area contributed by atoms with Crippen LogP contribution in [0.2, 0.25) is 0 Å². The van der Waals surface area contributed by atoms with E-state index in [9.17, 15) is 14.0 Å². The van der Waals surface area contributed by atoms with E-state index >= 15 is 0 Å². The third kappa shape index (κ3) is 5.53. The molecule has 2 heterocycles. The molecule has 0 saturated carbocycles. The van der Waals surface area contributed by atoms with E-state index in [1.54, 1.807) is 12.1 Å². The Hall–Kier alpha value is -2.93. The standard InChI is InChI=1S/C26H31FN2O4/c1-26(2,3)33-25(31)28-20-12-13-22(32-16-20)24(30)29-15-14-17-6-4-5-7-21(17)23(29)18-8-10-19(27)11-9-18/h4-11,20,22-23H,12-16H2,1-3H3,(H,28,31)/t20-,22-,23-/m0/s1. The smallest absolute Gasteiger partial charge is 0.407 e. The van der Waals surface area contributed by atoms with Gasteiger partial charge in [-0.2, -0.15) is 0 Å². The zero-order chi connectivity index (χ0) is 23.6. The van der Waals surface area contributed by atoms with E-state index in [0.717, 1.165) is 17.5 Å². The number of benzene rings is 2. The van der Waals surface area contributed by atoms with Gasteiger partial charge in [0.1, 0.15) is 17.5 Å². The topological polar surface area (TPSA) is 67.9 Å². The van der Waals surface area contributed by atoms with Crippen molar-refractivity contribution in [3.63, 3.8) is 0 Å². The van der Waals surface area contributed by atoms with Gasteiger partial charge in [0.15, 0.2) is 0 Å². The Balaban J connectivity index is 1.46. The van der Waals surface area contributed by atoms with E-state index in [1.807, 2.05) is 43.9 Å². The summed E-state index contributed by atoms with van der Waals surface area (Å²) < 4.78 is 24.8. The number of fused-ring (bicyclic) bond motifs is 1. The molecule has 1 N–H and O–H groups in total. The number of nitrogens with zero attached hydrogens (tertiary/aromatic N) is 1. The van der Waals surface area contributed by atoms with Gasteiger partial charge in [-0.05, 0) is 68.9 Å². The molecule has 2 aromatic carbocycles. The first kappa shape index (κ1) is 23.2. The lowest BCUT2D eigenvalue weighted by Crippen LogP contribution is -2.51. The average Bonchev–Trinajstić information content (AvgIpc) is 2.78. The van der Waals surface area contributed by atoms with Crippen molar-refractivity contribution in [3.05, 3.63) is 71.0 Å². The predicted octanol–water partition coefficient (Wildman–Crippen LogP) is 4.37. The molecule has 2 aromatic rings. The lowest BCUT2D eigenvalue weighted by molar-refractivity contribution is -0.149. The van der Waals surface area contributed by atoms with E-state index in [-0.39, 0.29) is 30.4 Å². The first-order valence-electron chi connectivity index (χ1n) is 11.5. The summed E-state index contributed by atoms with van der Waals surface area (Å²) in [6.07, 6.45) is 0.837. The zero-order valence-corrected chi connectivity index (χ0v) is 19.3. The number of halogens is 1. The predicted molar refractivity (Wildman–Crippen MR) is 122 cm³/mol. The van der Waals surface area contributed by atoms with Gasteiger partial charge in [0.2, 0.25) is 0 Å². The van der Waals surface area contributed by atoms with Gasteiger partial charge in [-0.1, -0.05) is 36.4 Å². The zero-order valence-electron chi connectivity index (χ0n) is 19.3. The minimum atomic E-state index is -0.574. The number of hydrogen-bond acceptors (Lipinski definition) is 4. The van der Waals surface area contributed by atoms with Crippen LogP contribution in [0.1, 0.15) is 56.3 Å². The summed E-state index contributed by atoms with van der Waals surface area (Å²) in [6.45, 7) is 6.26. The Bertz CT molecular complexity index is 994. The summed E-state index contributed by atoms with van der Waals surface area (Å²) in [4.78, 5) is 27.4. The fourth-order valence-corrected chi connectivity index (χ4v) is 4.53. The molecule has 1 fully saturated rings. The second-order valence-corrected chi connectivity index (χ2v) is 9.68. The van der Waals surface area contributed by atoms with Crippen molar-refractivity contribution >= 4 is 12.0 Å². The van der Waals surface area contributed by atoms with Crippen molar-refractivity contribution < 1.29 is 23.5 Å². The Kier molecular flexibility index (Phi) is 6.70. The van der Waals surface area contributed by atoms with E-state index in [1.165, 1.54) is 17.7 Å². The summed E-state index contributed by atoms with van der Waals surface area (Å²) in [6, 6.07) is 13.9. The highest BCUT2D eigenvalue weighted by molar-refractivity contribution is 5.82. The molecule has 4 rings (SSSR count). The number of ether oxygens (including phenoxy) is 2. The maximum absolute atomic E-state index is 13.6. The van der Waals surface area contributed by atoms with Crippen LogP contribution in [0.15, 0.2) is 48.5 Å². The van der Waals surface area contributed by atoms with Crippen LogP contribution in [0.5, 0.6) is 0 Å². The normalized spacial score (nSPS) is 22.9. The van der Waals surface area contributed by atoms with Crippen molar-refractivity contribution in [3.8, 4) is 0 Å². The molecular formula is C26H31FN2O4. The largest absolute Gasteiger partial charge is 0.444 e. The molecule has 7 heteroatoms. The van der Waals surface area contributed by atoms with Crippen molar-refractivity contribution in [1.82, 2.24) is 10.2 Å². The molecule has 2 aliphatic rings. The van der Waals surface area contributed by atoms with Gasteiger partial charge in [-0.15, -0.1) is 0 Å². The molecule has 0 radical (unpaired) electrons. The van der Waals surface area contributed by atoms with E-state index in [4.69, 9.17) is 9.47 Å². The quantitative estimate of drug-likeness (QED) is 0.748. The van der Waals surface area contributed by atoms with E-state index < -0.39 is 17.8 Å². The molecular weight excluding hydrogens is 423 g/mol. The Labute approximate surface area is 194 Å². The molecule has 0 aliphatic carbocycles. The average molecular weight is 455 g/mol. The summed E-state index contributed by atoms with van der Waals surface area (Å²) in [7, 11) is 0. The van der Waals surface area contributed by atoms with Gasteiger partial charge < -0.3 is 19.7 Å². The van der Waals surface area contributed by atoms with Crippen molar-refractivity contribution in [2.24, 2.45) is 0 Å². The van der Waals surface area contributed by atoms with Gasteiger partial charge in [-0.3, -0.25) is 4.79 Å². The molecule has 0 aromatic heterocycles. The monoisotopic (exact) mass is 454 g/mol. The number of hydrogen-bond donors (Lipinski definition) is 1. The Morgan fingerprint density at radius 1 is 1.09 bits per heavy atom. The third-order valence-corrected chi connectivity index (χ3v) is 6.02. The molecule has 0 spiro atoms. The lowest BCUT2D eigenvalue weighted by atomic mass is 9.87. The van der Waals surface area contributed by atoms with Crippen molar-refractivity contribution in [1.29, 1.82) is 0 Å². The van der Waals surface area contributed by atoms with Crippen molar-refractivity contribution in [2.45, 2.75) is 63.8 Å². The van der Waals surface area contributed by atoms with Gasteiger partial charge >= 0.3 is 6.09 Å². The van der Waals surface area contributed by atoms with Crippen LogP contribution in [-0.4, -0.2) is 47.8 Å². The van der Waals surface area contributed by atoms with Gasteiger partial charge in [0.25, 0.3) is 5.91 Å². The molecule has 3 atom stereocenters. The SMILES string of the molecule is CC(C)(C)OC(=O)N[C@H]1CC[C@@H](C(=O)N2CCc3ccccc3[C@@H]2c2ccc(F)cc2)OC1. The molecule has 2 amide bonds. The number of rotatable bonds is 3. The summed E-state index contributed by atoms with van der Waals surface area (Å²) >= 11 is 0. The lowest BCUT2D eigenvalue weighted by Gasteiger charge is -2.40. The van der Waals surface area contributed by atoms with Crippen LogP contribution in [0.25, 0.3) is 0 Å². The van der Waals surface area contributed by atoms with Crippen LogP contribution < -0.4 is 5.32 Å². The maximum Gasteiger partial charge on any atom is 0.407 e. The highest BCUT2D eigenvalue weighted by atomic mass is 19.1. The second-order valence-electron chi connectivity index (χ2n) is 9.68. The third-order valence-electron chi connectivity index (χ3n) is 6.02. The fraction of sp³-hybridized carbons (Fsp3) is 0.462. The van der Waals surface area contributed by atoms with Crippen LogP contribution in [0.4, 0.5) is 9.18 Å². The summed E-state index contributed by atoms with van der Waals surface area (Å²) in [5, 5.41) is 2.82. The first-order valence-corrected chi connectivity index (χ1v) is 11.5. The molecule has 176 valence electrons. The molecule has 0 bridgehead atoms. The minimum Gasteiger partial charge on any atom is -0.444 e. The molecule has 0 unspecified atom stereocenters. The fourth-order valence-electron chi connectivity index (χ4n) is 4.53. The second kappa shape index (κ2) is 9.51. The number of amides is 2. The van der Waals surface area contributed by atoms with Crippen LogP contribution in [0.3, 0.4) is 0 Å². The number of carbonyl (C=O) groups excluding carboxylic acids is 2. The van der Waals surface area contributed by atoms with Crippen LogP contribution in [0, 0.1) is 5.82 Å². The van der Waals surface area contributed by atoms with E-state index in [0.29, 0.717) is 19.4 Å². The number of carbonyl (C=O) groups is 2. The highest BCUT2D eigenvalue weighted by Gasteiger charge is 2.37.